The maximum Gasteiger partial charge on any atom is 0.177 e. The van der Waals surface area contributed by atoms with Crippen molar-refractivity contribution in [2.45, 2.75) is 6.42 Å². The number of hydrazine groups is 1. The fourth-order valence-electron chi connectivity index (χ4n) is 3.63. The van der Waals surface area contributed by atoms with Crippen molar-refractivity contribution < 1.29 is 4.74 Å². The van der Waals surface area contributed by atoms with Gasteiger partial charge >= 0.3 is 0 Å². The Hall–Kier alpha value is -3.12. The molecule has 5 N–H and O–H groups in total. The van der Waals surface area contributed by atoms with Crippen molar-refractivity contribution in [3.8, 4) is 6.07 Å². The fraction of sp³-hybridized carbons (Fsp3) is 0.238. The highest BCUT2D eigenvalue weighted by Gasteiger charge is 2.26. The van der Waals surface area contributed by atoms with Crippen LogP contribution in [-0.2, 0) is 11.2 Å². The fourth-order valence-corrected chi connectivity index (χ4v) is 4.91. The van der Waals surface area contributed by atoms with E-state index in [1.54, 1.807) is 0 Å². The second-order valence-corrected chi connectivity index (χ2v) is 7.78. The molecule has 29 heavy (non-hydrogen) atoms. The van der Waals surface area contributed by atoms with E-state index >= 15 is 0 Å². The second kappa shape index (κ2) is 8.49. The number of rotatable bonds is 4. The first-order valence-corrected chi connectivity index (χ1v) is 10.2. The molecule has 8 heteroatoms. The van der Waals surface area contributed by atoms with E-state index in [1.165, 1.54) is 22.1 Å². The monoisotopic (exact) mass is 406 g/mol. The van der Waals surface area contributed by atoms with Crippen LogP contribution < -0.4 is 22.0 Å². The molecule has 0 saturated carbocycles. The SMILES string of the molecule is N#Cc1c(N2CCOCC2)sc(/C(=N/N)NN)c1Cc1ccc2ccccc2c1. The van der Waals surface area contributed by atoms with Crippen LogP contribution in [0, 0.1) is 11.3 Å². The number of nitriles is 1. The number of nitrogens with one attached hydrogen (secondary N) is 1. The minimum Gasteiger partial charge on any atom is -0.378 e. The van der Waals surface area contributed by atoms with Crippen LogP contribution in [0.5, 0.6) is 0 Å². The van der Waals surface area contributed by atoms with Gasteiger partial charge in [0.15, 0.2) is 5.84 Å². The zero-order valence-electron chi connectivity index (χ0n) is 15.9. The van der Waals surface area contributed by atoms with Gasteiger partial charge in [-0.3, -0.25) is 0 Å². The highest BCUT2D eigenvalue weighted by atomic mass is 32.1. The van der Waals surface area contributed by atoms with Crippen LogP contribution in [0.1, 0.15) is 21.6 Å². The zero-order valence-corrected chi connectivity index (χ0v) is 16.7. The number of ether oxygens (including phenoxy) is 1. The van der Waals surface area contributed by atoms with E-state index in [-0.39, 0.29) is 0 Å². The van der Waals surface area contributed by atoms with Gasteiger partial charge in [0, 0.05) is 19.5 Å². The molecule has 4 rings (SSSR count). The van der Waals surface area contributed by atoms with Crippen molar-refractivity contribution in [1.29, 1.82) is 5.26 Å². The van der Waals surface area contributed by atoms with Crippen molar-refractivity contribution >= 4 is 32.9 Å². The number of anilines is 1. The van der Waals surface area contributed by atoms with Gasteiger partial charge in [-0.05, 0) is 21.9 Å². The van der Waals surface area contributed by atoms with Crippen molar-refractivity contribution in [2.75, 3.05) is 31.2 Å². The highest BCUT2D eigenvalue weighted by Crippen LogP contribution is 2.38. The van der Waals surface area contributed by atoms with Crippen LogP contribution in [0.3, 0.4) is 0 Å². The number of nitrogens with two attached hydrogens (primary N) is 2. The van der Waals surface area contributed by atoms with Crippen LogP contribution in [0.15, 0.2) is 47.6 Å². The van der Waals surface area contributed by atoms with E-state index in [1.807, 2.05) is 12.1 Å². The normalized spacial score (nSPS) is 14.8. The third-order valence-corrected chi connectivity index (χ3v) is 6.37. The molecular formula is C21H22N6OS. The highest BCUT2D eigenvalue weighted by molar-refractivity contribution is 7.18. The third-order valence-electron chi connectivity index (χ3n) is 5.07. The standard InChI is InChI=1S/C21H22N6OS/c22-13-18-17(12-14-5-6-15-3-1-2-4-16(15)11-14)19(20(25-23)26-24)29-21(18)27-7-9-28-10-8-27/h1-6,11H,7-10,12,23-24H2,(H,25,26). The first kappa shape index (κ1) is 19.2. The Morgan fingerprint density at radius 3 is 2.66 bits per heavy atom. The predicted octanol–water partition coefficient (Wildman–Crippen LogP) is 2.28. The predicted molar refractivity (Wildman–Crippen MR) is 117 cm³/mol. The summed E-state index contributed by atoms with van der Waals surface area (Å²) in [6.45, 7) is 2.78. The maximum atomic E-state index is 10.00. The van der Waals surface area contributed by atoms with Crippen LogP contribution in [0.25, 0.3) is 10.8 Å². The summed E-state index contributed by atoms with van der Waals surface area (Å²) in [7, 11) is 0. The van der Waals surface area contributed by atoms with Gasteiger partial charge in [-0.2, -0.15) is 10.4 Å². The van der Waals surface area contributed by atoms with Gasteiger partial charge in [-0.25, -0.2) is 5.84 Å². The molecule has 3 aromatic rings. The Bertz CT molecular complexity index is 1090. The first-order valence-electron chi connectivity index (χ1n) is 9.36. The van der Waals surface area contributed by atoms with Crippen LogP contribution >= 0.6 is 11.3 Å². The van der Waals surface area contributed by atoms with Crippen molar-refractivity contribution in [3.63, 3.8) is 0 Å². The Morgan fingerprint density at radius 2 is 1.97 bits per heavy atom. The summed E-state index contributed by atoms with van der Waals surface area (Å²) in [6.07, 6.45) is 0.588. The average molecular weight is 407 g/mol. The molecule has 0 spiro atoms. The third kappa shape index (κ3) is 3.76. The Kier molecular flexibility index (Phi) is 5.62. The lowest BCUT2D eigenvalue weighted by Crippen LogP contribution is -2.36. The lowest BCUT2D eigenvalue weighted by atomic mass is 9.98. The number of hydrazone groups is 1. The van der Waals surface area contributed by atoms with Gasteiger partial charge in [-0.1, -0.05) is 42.5 Å². The molecule has 0 amide bonds. The molecule has 0 atom stereocenters. The average Bonchev–Trinajstić information content (AvgIpc) is 3.13. The van der Waals surface area contributed by atoms with Crippen molar-refractivity contribution in [1.82, 2.24) is 5.43 Å². The summed E-state index contributed by atoms with van der Waals surface area (Å²) in [5, 5.41) is 17.1. The molecule has 1 aromatic heterocycles. The maximum absolute atomic E-state index is 10.00. The number of hydrogen-bond donors (Lipinski definition) is 3. The minimum atomic E-state index is 0.377. The molecule has 1 saturated heterocycles. The van der Waals surface area contributed by atoms with E-state index in [4.69, 9.17) is 16.4 Å². The molecule has 2 heterocycles. The molecule has 0 bridgehead atoms. The van der Waals surface area contributed by atoms with Crippen LogP contribution in [0.4, 0.5) is 5.00 Å². The lowest BCUT2D eigenvalue weighted by Gasteiger charge is -2.27. The molecule has 0 unspecified atom stereocenters. The summed E-state index contributed by atoms with van der Waals surface area (Å²) >= 11 is 1.49. The summed E-state index contributed by atoms with van der Waals surface area (Å²) in [4.78, 5) is 2.98. The van der Waals surface area contributed by atoms with E-state index in [0.29, 0.717) is 31.0 Å². The quantitative estimate of drug-likeness (QED) is 0.265. The molecule has 1 aliphatic rings. The number of fused-ring (bicyclic) bond motifs is 1. The molecule has 1 aliphatic heterocycles. The van der Waals surface area contributed by atoms with Gasteiger partial charge in [0.1, 0.15) is 11.1 Å². The van der Waals surface area contributed by atoms with Crippen molar-refractivity contribution in [2.24, 2.45) is 16.8 Å². The van der Waals surface area contributed by atoms with Crippen LogP contribution in [0.2, 0.25) is 0 Å². The summed E-state index contributed by atoms with van der Waals surface area (Å²) in [5.74, 6) is 11.6. The topological polar surface area (TPSA) is 113 Å². The molecule has 0 radical (unpaired) electrons. The molecule has 1 fully saturated rings. The summed E-state index contributed by atoms with van der Waals surface area (Å²) in [5.41, 5.74) is 5.22. The number of benzene rings is 2. The number of thiophene rings is 1. The second-order valence-electron chi connectivity index (χ2n) is 6.78. The number of morpholine rings is 1. The van der Waals surface area contributed by atoms with Gasteiger partial charge < -0.3 is 20.9 Å². The van der Waals surface area contributed by atoms with Gasteiger partial charge in [-0.15, -0.1) is 11.3 Å². The van der Waals surface area contributed by atoms with E-state index < -0.39 is 0 Å². The van der Waals surface area contributed by atoms with E-state index in [0.717, 1.165) is 34.1 Å². The van der Waals surface area contributed by atoms with Crippen molar-refractivity contribution in [3.05, 3.63) is 64.0 Å². The summed E-state index contributed by atoms with van der Waals surface area (Å²) < 4.78 is 5.46. The molecule has 7 nitrogen and oxygen atoms in total. The van der Waals surface area contributed by atoms with Crippen LogP contribution in [-0.4, -0.2) is 32.1 Å². The number of amidine groups is 1. The van der Waals surface area contributed by atoms with Gasteiger partial charge in [0.25, 0.3) is 0 Å². The molecular weight excluding hydrogens is 384 g/mol. The van der Waals surface area contributed by atoms with Gasteiger partial charge in [0.05, 0.1) is 23.7 Å². The summed E-state index contributed by atoms with van der Waals surface area (Å²) in [6, 6.07) is 17.0. The molecule has 148 valence electrons. The Labute approximate surface area is 173 Å². The Morgan fingerprint density at radius 1 is 1.21 bits per heavy atom. The number of nitrogens with zero attached hydrogens (tertiary/aromatic N) is 3. The minimum absolute atomic E-state index is 0.377. The zero-order chi connectivity index (χ0) is 20.2. The first-order chi connectivity index (χ1) is 14.2. The smallest absolute Gasteiger partial charge is 0.177 e. The largest absolute Gasteiger partial charge is 0.378 e. The van der Waals surface area contributed by atoms with E-state index in [9.17, 15) is 5.26 Å². The Balaban J connectivity index is 1.80. The molecule has 0 aliphatic carbocycles. The van der Waals surface area contributed by atoms with Gasteiger partial charge in [0.2, 0.25) is 0 Å². The number of hydrogen-bond acceptors (Lipinski definition) is 7. The lowest BCUT2D eigenvalue weighted by molar-refractivity contribution is 0.123. The van der Waals surface area contributed by atoms with E-state index in [2.05, 4.69) is 51.8 Å². The molecule has 2 aromatic carbocycles.